The number of carbonyl (C=O) groups is 1. The SMILES string of the molecule is COC(=O)c1cccc(S(=O)(=O)NC(CN)C2CC2)c1.Cl. The molecule has 1 atom stereocenters. The highest BCUT2D eigenvalue weighted by Gasteiger charge is 2.33. The Morgan fingerprint density at radius 2 is 2.14 bits per heavy atom. The number of nitrogens with two attached hydrogens (primary N) is 1. The van der Waals surface area contributed by atoms with Gasteiger partial charge in [-0.25, -0.2) is 17.9 Å². The predicted octanol–water partition coefficient (Wildman–Crippen LogP) is 0.911. The van der Waals surface area contributed by atoms with E-state index in [9.17, 15) is 13.2 Å². The number of carbonyl (C=O) groups excluding carboxylic acids is 1. The molecule has 2 rings (SSSR count). The standard InChI is InChI=1S/C13H18N2O4S.ClH/c1-19-13(16)10-3-2-4-11(7-10)20(17,18)15-12(8-14)9-5-6-9;/h2-4,7,9,12,15H,5-6,8,14H2,1H3;1H. The molecule has 0 saturated heterocycles. The highest BCUT2D eigenvalue weighted by Crippen LogP contribution is 2.32. The number of hydrogen-bond acceptors (Lipinski definition) is 5. The van der Waals surface area contributed by atoms with E-state index >= 15 is 0 Å². The van der Waals surface area contributed by atoms with Crippen molar-refractivity contribution in [2.75, 3.05) is 13.7 Å². The second-order valence-electron chi connectivity index (χ2n) is 4.82. The van der Waals surface area contributed by atoms with Crippen molar-refractivity contribution < 1.29 is 17.9 Å². The summed E-state index contributed by atoms with van der Waals surface area (Å²) >= 11 is 0. The monoisotopic (exact) mass is 334 g/mol. The molecular weight excluding hydrogens is 316 g/mol. The van der Waals surface area contributed by atoms with Crippen LogP contribution < -0.4 is 10.5 Å². The molecule has 0 aromatic heterocycles. The Morgan fingerprint density at radius 1 is 1.48 bits per heavy atom. The minimum absolute atomic E-state index is 0. The normalized spacial score (nSPS) is 15.9. The van der Waals surface area contributed by atoms with Crippen LogP contribution in [0.4, 0.5) is 0 Å². The Kier molecular flexibility index (Phi) is 6.15. The first kappa shape index (κ1) is 17.9. The number of halogens is 1. The maximum absolute atomic E-state index is 12.3. The van der Waals surface area contributed by atoms with Crippen molar-refractivity contribution in [1.29, 1.82) is 0 Å². The molecule has 1 aliphatic rings. The number of nitrogens with one attached hydrogen (secondary N) is 1. The molecule has 0 amide bonds. The van der Waals surface area contributed by atoms with E-state index in [1.165, 1.54) is 31.4 Å². The molecule has 0 bridgehead atoms. The second-order valence-corrected chi connectivity index (χ2v) is 6.53. The van der Waals surface area contributed by atoms with E-state index in [4.69, 9.17) is 5.73 Å². The second kappa shape index (κ2) is 7.22. The van der Waals surface area contributed by atoms with Crippen LogP contribution in [0.5, 0.6) is 0 Å². The summed E-state index contributed by atoms with van der Waals surface area (Å²) in [5, 5.41) is 0. The first-order valence-corrected chi connectivity index (χ1v) is 7.87. The number of sulfonamides is 1. The molecule has 1 fully saturated rings. The average molecular weight is 335 g/mol. The van der Waals surface area contributed by atoms with E-state index < -0.39 is 16.0 Å². The van der Waals surface area contributed by atoms with E-state index in [0.29, 0.717) is 5.92 Å². The average Bonchev–Trinajstić information content (AvgIpc) is 3.28. The Hall–Kier alpha value is -1.15. The molecule has 1 aliphatic carbocycles. The van der Waals surface area contributed by atoms with Crippen LogP contribution >= 0.6 is 12.4 Å². The van der Waals surface area contributed by atoms with Gasteiger partial charge in [-0.3, -0.25) is 0 Å². The zero-order valence-corrected chi connectivity index (χ0v) is 13.2. The predicted molar refractivity (Wildman–Crippen MR) is 80.9 cm³/mol. The van der Waals surface area contributed by atoms with Crippen molar-refractivity contribution >= 4 is 28.4 Å². The van der Waals surface area contributed by atoms with Gasteiger partial charge >= 0.3 is 5.97 Å². The van der Waals surface area contributed by atoms with Gasteiger partial charge < -0.3 is 10.5 Å². The van der Waals surface area contributed by atoms with Crippen LogP contribution in [-0.2, 0) is 14.8 Å². The fourth-order valence-electron chi connectivity index (χ4n) is 2.01. The molecular formula is C13H19ClN2O4S. The third-order valence-electron chi connectivity index (χ3n) is 3.32. The summed E-state index contributed by atoms with van der Waals surface area (Å²) in [5.74, 6) is -0.252. The molecule has 21 heavy (non-hydrogen) atoms. The molecule has 1 unspecified atom stereocenters. The van der Waals surface area contributed by atoms with Gasteiger partial charge in [0.25, 0.3) is 0 Å². The van der Waals surface area contributed by atoms with E-state index in [1.54, 1.807) is 0 Å². The van der Waals surface area contributed by atoms with Crippen molar-refractivity contribution in [3.63, 3.8) is 0 Å². The molecule has 0 radical (unpaired) electrons. The van der Waals surface area contributed by atoms with Gasteiger partial charge in [-0.15, -0.1) is 12.4 Å². The highest BCUT2D eigenvalue weighted by molar-refractivity contribution is 7.89. The molecule has 1 aromatic rings. The number of methoxy groups -OCH3 is 1. The lowest BCUT2D eigenvalue weighted by Gasteiger charge is -2.16. The lowest BCUT2D eigenvalue weighted by molar-refractivity contribution is 0.0600. The number of ether oxygens (including phenoxy) is 1. The number of rotatable bonds is 6. The van der Waals surface area contributed by atoms with Crippen LogP contribution in [0.25, 0.3) is 0 Å². The Morgan fingerprint density at radius 3 is 2.67 bits per heavy atom. The van der Waals surface area contributed by atoms with Crippen LogP contribution in [0.15, 0.2) is 29.2 Å². The molecule has 0 aliphatic heterocycles. The third-order valence-corrected chi connectivity index (χ3v) is 4.80. The number of esters is 1. The zero-order valence-electron chi connectivity index (χ0n) is 11.6. The minimum Gasteiger partial charge on any atom is -0.465 e. The first-order chi connectivity index (χ1) is 9.47. The molecule has 1 aromatic carbocycles. The Bertz CT molecular complexity index is 602. The summed E-state index contributed by atoms with van der Waals surface area (Å²) in [4.78, 5) is 11.5. The van der Waals surface area contributed by atoms with Gasteiger partial charge in [0.1, 0.15) is 0 Å². The highest BCUT2D eigenvalue weighted by atomic mass is 35.5. The summed E-state index contributed by atoms with van der Waals surface area (Å²) in [6.45, 7) is 0.264. The summed E-state index contributed by atoms with van der Waals surface area (Å²) in [6.07, 6.45) is 1.99. The fraction of sp³-hybridized carbons (Fsp3) is 0.462. The van der Waals surface area contributed by atoms with E-state index in [1.807, 2.05) is 0 Å². The lowest BCUT2D eigenvalue weighted by Crippen LogP contribution is -2.41. The summed E-state index contributed by atoms with van der Waals surface area (Å²) in [7, 11) is -2.43. The molecule has 6 nitrogen and oxygen atoms in total. The van der Waals surface area contributed by atoms with Crippen molar-refractivity contribution in [2.45, 2.75) is 23.8 Å². The molecule has 0 heterocycles. The first-order valence-electron chi connectivity index (χ1n) is 6.38. The summed E-state index contributed by atoms with van der Waals surface area (Å²) in [6, 6.07) is 5.51. The van der Waals surface area contributed by atoms with E-state index in [2.05, 4.69) is 9.46 Å². The van der Waals surface area contributed by atoms with Gasteiger partial charge in [-0.1, -0.05) is 6.07 Å². The van der Waals surface area contributed by atoms with Crippen LogP contribution in [0.2, 0.25) is 0 Å². The van der Waals surface area contributed by atoms with Crippen molar-refractivity contribution in [3.8, 4) is 0 Å². The van der Waals surface area contributed by atoms with Gasteiger partial charge in [-0.2, -0.15) is 0 Å². The number of hydrogen-bond donors (Lipinski definition) is 2. The van der Waals surface area contributed by atoms with E-state index in [0.717, 1.165) is 12.8 Å². The van der Waals surface area contributed by atoms with Crippen molar-refractivity contribution in [2.24, 2.45) is 11.7 Å². The zero-order chi connectivity index (χ0) is 14.8. The third kappa shape index (κ3) is 4.41. The molecule has 1 saturated carbocycles. The summed E-state index contributed by atoms with van der Waals surface area (Å²) in [5.41, 5.74) is 5.80. The van der Waals surface area contributed by atoms with Gasteiger partial charge in [0.05, 0.1) is 17.6 Å². The van der Waals surface area contributed by atoms with Gasteiger partial charge in [-0.05, 0) is 37.0 Å². The largest absolute Gasteiger partial charge is 0.465 e. The fourth-order valence-corrected chi connectivity index (χ4v) is 3.37. The van der Waals surface area contributed by atoms with Crippen LogP contribution in [-0.4, -0.2) is 34.1 Å². The molecule has 8 heteroatoms. The lowest BCUT2D eigenvalue weighted by atomic mass is 10.2. The Labute approximate surface area is 130 Å². The smallest absolute Gasteiger partial charge is 0.337 e. The van der Waals surface area contributed by atoms with Gasteiger partial charge in [0, 0.05) is 12.6 Å². The van der Waals surface area contributed by atoms with Crippen LogP contribution in [0.3, 0.4) is 0 Å². The van der Waals surface area contributed by atoms with Crippen molar-refractivity contribution in [1.82, 2.24) is 4.72 Å². The maximum atomic E-state index is 12.3. The van der Waals surface area contributed by atoms with Gasteiger partial charge in [0.2, 0.25) is 10.0 Å². The number of benzene rings is 1. The summed E-state index contributed by atoms with van der Waals surface area (Å²) < 4.78 is 31.7. The van der Waals surface area contributed by atoms with Crippen molar-refractivity contribution in [3.05, 3.63) is 29.8 Å². The van der Waals surface area contributed by atoms with Crippen LogP contribution in [0, 0.1) is 5.92 Å². The molecule has 0 spiro atoms. The van der Waals surface area contributed by atoms with Crippen LogP contribution in [0.1, 0.15) is 23.2 Å². The molecule has 118 valence electrons. The van der Waals surface area contributed by atoms with Gasteiger partial charge in [0.15, 0.2) is 0 Å². The van der Waals surface area contributed by atoms with E-state index in [-0.39, 0.29) is 35.5 Å². The quantitative estimate of drug-likeness (QED) is 0.753. The maximum Gasteiger partial charge on any atom is 0.337 e. The minimum atomic E-state index is -3.68. The topological polar surface area (TPSA) is 98.5 Å². The molecule has 3 N–H and O–H groups in total. The Balaban J connectivity index is 0.00000220.